The Morgan fingerprint density at radius 2 is 1.50 bits per heavy atom. The van der Waals surface area contributed by atoms with Crippen LogP contribution < -0.4 is 0 Å². The third-order valence-corrected chi connectivity index (χ3v) is 0.566. The van der Waals surface area contributed by atoms with Gasteiger partial charge in [0.05, 0.1) is 0 Å². The van der Waals surface area contributed by atoms with Gasteiger partial charge in [-0.15, -0.1) is 0 Å². The number of pyridine rings is 1. The molecule has 0 aliphatic heterocycles. The molecule has 1 heterocycles. The monoisotopic (exact) mass is 161 g/mol. The Morgan fingerprint density at radius 1 is 1.10 bits per heavy atom. The Balaban J connectivity index is 0.000000180. The quantitative estimate of drug-likeness (QED) is 0.420. The van der Waals surface area contributed by atoms with Crippen molar-refractivity contribution >= 4 is 11.0 Å². The first-order chi connectivity index (χ1) is 4.73. The normalized spacial score (nSPS) is 8.20. The molecular weight excluding hydrogens is 154 g/mol. The molecule has 10 heavy (non-hydrogen) atoms. The first-order valence-corrected chi connectivity index (χ1v) is 3.55. The third-order valence-electron chi connectivity index (χ3n) is 0.566. The van der Waals surface area contributed by atoms with Gasteiger partial charge in [0.2, 0.25) is 0 Å². The minimum atomic E-state index is -3.12. The van der Waals surface area contributed by atoms with Crippen molar-refractivity contribution in [3.05, 3.63) is 30.6 Å². The highest BCUT2D eigenvalue weighted by molar-refractivity contribution is 7.66. The van der Waals surface area contributed by atoms with Crippen LogP contribution in [0.15, 0.2) is 30.6 Å². The van der Waals surface area contributed by atoms with Gasteiger partial charge < -0.3 is 0 Å². The Morgan fingerprint density at radius 3 is 1.60 bits per heavy atom. The SMILES string of the molecule is O=[SH](=O)O.c1ccncc1. The molecule has 0 saturated heterocycles. The number of rotatable bonds is 0. The molecule has 1 aromatic rings. The number of aromatic nitrogens is 1. The van der Waals surface area contributed by atoms with Crippen molar-refractivity contribution in [2.45, 2.75) is 0 Å². The lowest BCUT2D eigenvalue weighted by atomic mass is 10.5. The summed E-state index contributed by atoms with van der Waals surface area (Å²) in [5, 5.41) is 0. The topological polar surface area (TPSA) is 67.3 Å². The van der Waals surface area contributed by atoms with Crippen LogP contribution in [0, 0.1) is 0 Å². The van der Waals surface area contributed by atoms with Crippen molar-refractivity contribution in [1.29, 1.82) is 0 Å². The molecular formula is C5H7NO3S. The lowest BCUT2D eigenvalue weighted by Crippen LogP contribution is -1.58. The second-order valence-corrected chi connectivity index (χ2v) is 1.74. The summed E-state index contributed by atoms with van der Waals surface area (Å²) >= 11 is 0. The van der Waals surface area contributed by atoms with E-state index in [4.69, 9.17) is 13.0 Å². The van der Waals surface area contributed by atoms with Crippen molar-refractivity contribution in [3.63, 3.8) is 0 Å². The largest absolute Gasteiger partial charge is 0.288 e. The van der Waals surface area contributed by atoms with Crippen molar-refractivity contribution in [3.8, 4) is 0 Å². The molecule has 0 aromatic carbocycles. The highest BCUT2D eigenvalue weighted by atomic mass is 32.2. The zero-order valence-electron chi connectivity index (χ0n) is 5.04. The van der Waals surface area contributed by atoms with E-state index in [1.165, 1.54) is 0 Å². The second kappa shape index (κ2) is 6.18. The summed E-state index contributed by atoms with van der Waals surface area (Å²) in [6.07, 6.45) is 3.50. The second-order valence-electron chi connectivity index (χ2n) is 1.26. The molecule has 0 atom stereocenters. The molecule has 0 aliphatic carbocycles. The highest BCUT2D eigenvalue weighted by Crippen LogP contribution is 1.73. The van der Waals surface area contributed by atoms with Gasteiger partial charge in [0.1, 0.15) is 0 Å². The summed E-state index contributed by atoms with van der Waals surface area (Å²) in [6, 6.07) is 5.72. The molecule has 0 bridgehead atoms. The first kappa shape index (κ1) is 9.06. The van der Waals surface area contributed by atoms with Gasteiger partial charge in [0, 0.05) is 12.4 Å². The predicted octanol–water partition coefficient (Wildman–Crippen LogP) is 0.152. The molecule has 56 valence electrons. The molecule has 4 nitrogen and oxygen atoms in total. The highest BCUT2D eigenvalue weighted by Gasteiger charge is 1.58. The molecule has 0 saturated carbocycles. The fraction of sp³-hybridized carbons (Fsp3) is 0. The molecule has 0 amide bonds. The van der Waals surface area contributed by atoms with Gasteiger partial charge in [-0.2, -0.15) is 0 Å². The van der Waals surface area contributed by atoms with E-state index in [9.17, 15) is 0 Å². The predicted molar refractivity (Wildman–Crippen MR) is 37.2 cm³/mol. The van der Waals surface area contributed by atoms with E-state index in [-0.39, 0.29) is 0 Å². The van der Waals surface area contributed by atoms with Gasteiger partial charge in [-0.05, 0) is 12.1 Å². The fourth-order valence-corrected chi connectivity index (χ4v) is 0.313. The number of hydrogen-bond donors (Lipinski definition) is 2. The summed E-state index contributed by atoms with van der Waals surface area (Å²) < 4.78 is 24.2. The Labute approximate surface area is 60.3 Å². The average Bonchev–Trinajstić information content (AvgIpc) is 1.90. The van der Waals surface area contributed by atoms with Crippen molar-refractivity contribution in [1.82, 2.24) is 4.98 Å². The van der Waals surface area contributed by atoms with Crippen LogP contribution in [0.3, 0.4) is 0 Å². The maximum Gasteiger partial charge on any atom is 0.254 e. The fourth-order valence-electron chi connectivity index (χ4n) is 0.313. The summed E-state index contributed by atoms with van der Waals surface area (Å²) in [5.74, 6) is 0. The van der Waals surface area contributed by atoms with Crippen LogP contribution >= 0.6 is 0 Å². The maximum atomic E-state index is 8.59. The maximum absolute atomic E-state index is 8.59. The molecule has 0 spiro atoms. The lowest BCUT2D eigenvalue weighted by Gasteiger charge is -1.70. The van der Waals surface area contributed by atoms with E-state index in [1.54, 1.807) is 12.4 Å². The van der Waals surface area contributed by atoms with Gasteiger partial charge in [0.15, 0.2) is 0 Å². The van der Waals surface area contributed by atoms with Gasteiger partial charge in [-0.1, -0.05) is 6.07 Å². The Bertz CT molecular complexity index is 187. The van der Waals surface area contributed by atoms with Crippen LogP contribution in [0.2, 0.25) is 0 Å². The zero-order chi connectivity index (χ0) is 7.82. The van der Waals surface area contributed by atoms with E-state index < -0.39 is 11.0 Å². The van der Waals surface area contributed by atoms with E-state index in [0.717, 1.165) is 0 Å². The molecule has 0 aliphatic rings. The van der Waals surface area contributed by atoms with E-state index in [2.05, 4.69) is 4.98 Å². The molecule has 0 unspecified atom stereocenters. The third kappa shape index (κ3) is 10.1. The summed E-state index contributed by atoms with van der Waals surface area (Å²) in [4.78, 5) is 3.78. The van der Waals surface area contributed by atoms with Crippen LogP contribution in [-0.4, -0.2) is 18.0 Å². The van der Waals surface area contributed by atoms with Gasteiger partial charge in [-0.3, -0.25) is 9.54 Å². The van der Waals surface area contributed by atoms with E-state index in [0.29, 0.717) is 0 Å². The van der Waals surface area contributed by atoms with Gasteiger partial charge in [-0.25, -0.2) is 8.42 Å². The summed E-state index contributed by atoms with van der Waals surface area (Å²) in [7, 11) is -3.12. The van der Waals surface area contributed by atoms with Crippen LogP contribution in [-0.2, 0) is 11.0 Å². The minimum Gasteiger partial charge on any atom is -0.288 e. The zero-order valence-corrected chi connectivity index (χ0v) is 5.94. The standard InChI is InChI=1S/C5H5N.H2O3S/c1-2-4-6-5-3-1;1-4(2)3/h1-5H;4H,(H,1,2,3). The van der Waals surface area contributed by atoms with E-state index >= 15 is 0 Å². The average molecular weight is 161 g/mol. The molecule has 1 rings (SSSR count). The summed E-state index contributed by atoms with van der Waals surface area (Å²) in [5.41, 5.74) is 0. The smallest absolute Gasteiger partial charge is 0.254 e. The number of nitrogens with zero attached hydrogens (tertiary/aromatic N) is 1. The molecule has 0 fully saturated rings. The van der Waals surface area contributed by atoms with Crippen LogP contribution in [0.25, 0.3) is 0 Å². The lowest BCUT2D eigenvalue weighted by molar-refractivity contribution is 0.509. The van der Waals surface area contributed by atoms with Crippen molar-refractivity contribution < 1.29 is 13.0 Å². The van der Waals surface area contributed by atoms with Crippen molar-refractivity contribution in [2.75, 3.05) is 0 Å². The van der Waals surface area contributed by atoms with Gasteiger partial charge in [0.25, 0.3) is 11.0 Å². The molecule has 1 N–H and O–H groups in total. The number of hydrogen-bond acceptors (Lipinski definition) is 3. The van der Waals surface area contributed by atoms with Crippen LogP contribution in [0.4, 0.5) is 0 Å². The Hall–Kier alpha value is -0.940. The molecule has 5 heteroatoms. The van der Waals surface area contributed by atoms with Crippen LogP contribution in [0.1, 0.15) is 0 Å². The van der Waals surface area contributed by atoms with Gasteiger partial charge >= 0.3 is 0 Å². The van der Waals surface area contributed by atoms with Crippen molar-refractivity contribution in [2.24, 2.45) is 0 Å². The molecule has 1 aromatic heterocycles. The van der Waals surface area contributed by atoms with Crippen LogP contribution in [0.5, 0.6) is 0 Å². The Kier molecular flexibility index (Phi) is 5.60. The minimum absolute atomic E-state index is 1.75. The van der Waals surface area contributed by atoms with E-state index in [1.807, 2.05) is 18.2 Å². The molecule has 0 radical (unpaired) electrons. The number of thiol groups is 1. The summed E-state index contributed by atoms with van der Waals surface area (Å²) in [6.45, 7) is 0. The first-order valence-electron chi connectivity index (χ1n) is 2.41.